The molecule has 0 aromatic heterocycles. The summed E-state index contributed by atoms with van der Waals surface area (Å²) in [7, 11) is 4.18. The third-order valence-electron chi connectivity index (χ3n) is 4.32. The molecule has 0 spiro atoms. The Morgan fingerprint density at radius 2 is 2.00 bits per heavy atom. The second kappa shape index (κ2) is 9.13. The van der Waals surface area contributed by atoms with Crippen molar-refractivity contribution in [3.63, 3.8) is 0 Å². The molecule has 22 heavy (non-hydrogen) atoms. The lowest BCUT2D eigenvalue weighted by molar-refractivity contribution is 0.167. The predicted octanol–water partition coefficient (Wildman–Crippen LogP) is 2.50. The number of hydrogen-bond acceptors (Lipinski definition) is 4. The van der Waals surface area contributed by atoms with E-state index in [2.05, 4.69) is 42.1 Å². The predicted molar refractivity (Wildman–Crippen MR) is 92.3 cm³/mol. The number of nitrogens with zero attached hydrogens (tertiary/aromatic N) is 2. The molecule has 124 valence electrons. The summed E-state index contributed by atoms with van der Waals surface area (Å²) in [6.45, 7) is 4.81. The molecule has 1 fully saturated rings. The number of piperidine rings is 1. The van der Waals surface area contributed by atoms with Gasteiger partial charge in [-0.05, 0) is 64.1 Å². The molecule has 1 unspecified atom stereocenters. The molecule has 1 aromatic carbocycles. The fourth-order valence-electron chi connectivity index (χ4n) is 3.11. The largest absolute Gasteiger partial charge is 0.494 e. The first-order valence-corrected chi connectivity index (χ1v) is 8.52. The normalized spacial score (nSPS) is 17.6. The van der Waals surface area contributed by atoms with Crippen molar-refractivity contribution in [3.8, 4) is 5.75 Å². The molecule has 4 nitrogen and oxygen atoms in total. The number of likely N-dealkylation sites (tertiary alicyclic amines) is 1. The number of nitrogens with two attached hydrogens (primary N) is 1. The van der Waals surface area contributed by atoms with E-state index in [0.29, 0.717) is 12.6 Å². The van der Waals surface area contributed by atoms with E-state index in [0.717, 1.165) is 38.4 Å². The average Bonchev–Trinajstić information content (AvgIpc) is 2.54. The minimum Gasteiger partial charge on any atom is -0.494 e. The second-order valence-corrected chi connectivity index (χ2v) is 6.43. The molecule has 0 radical (unpaired) electrons. The molecule has 0 bridgehead atoms. The zero-order valence-corrected chi connectivity index (χ0v) is 14.1. The molecule has 1 aliphatic rings. The van der Waals surface area contributed by atoms with E-state index in [1.807, 2.05) is 6.07 Å². The number of ether oxygens (including phenoxy) is 1. The van der Waals surface area contributed by atoms with Crippen LogP contribution in [0.25, 0.3) is 0 Å². The molecular formula is C18H31N3O. The zero-order chi connectivity index (χ0) is 15.8. The summed E-state index contributed by atoms with van der Waals surface area (Å²) in [5.41, 5.74) is 7.34. The maximum atomic E-state index is 6.05. The van der Waals surface area contributed by atoms with Crippen LogP contribution in [0.4, 0.5) is 0 Å². The van der Waals surface area contributed by atoms with E-state index in [1.165, 1.54) is 24.8 Å². The Balaban J connectivity index is 1.93. The Bertz CT molecular complexity index is 430. The first-order chi connectivity index (χ1) is 10.7. The van der Waals surface area contributed by atoms with Gasteiger partial charge in [0.2, 0.25) is 0 Å². The molecule has 1 atom stereocenters. The van der Waals surface area contributed by atoms with Crippen LogP contribution in [0.15, 0.2) is 24.3 Å². The van der Waals surface area contributed by atoms with Crippen LogP contribution < -0.4 is 10.5 Å². The first-order valence-electron chi connectivity index (χ1n) is 8.52. The van der Waals surface area contributed by atoms with Gasteiger partial charge in [-0.25, -0.2) is 0 Å². The van der Waals surface area contributed by atoms with Crippen molar-refractivity contribution in [3.05, 3.63) is 29.8 Å². The van der Waals surface area contributed by atoms with Crippen molar-refractivity contribution in [1.29, 1.82) is 0 Å². The van der Waals surface area contributed by atoms with E-state index < -0.39 is 0 Å². The van der Waals surface area contributed by atoms with Crippen molar-refractivity contribution < 1.29 is 4.74 Å². The zero-order valence-electron chi connectivity index (χ0n) is 14.1. The molecule has 1 aromatic rings. The molecule has 2 rings (SSSR count). The Labute approximate surface area is 135 Å². The van der Waals surface area contributed by atoms with Gasteiger partial charge in [-0.3, -0.25) is 4.90 Å². The lowest BCUT2D eigenvalue weighted by Gasteiger charge is -2.34. The molecule has 0 saturated carbocycles. The number of benzene rings is 1. The lowest BCUT2D eigenvalue weighted by Crippen LogP contribution is -2.37. The van der Waals surface area contributed by atoms with Crippen molar-refractivity contribution in [1.82, 2.24) is 9.80 Å². The Morgan fingerprint density at radius 1 is 1.23 bits per heavy atom. The Morgan fingerprint density at radius 3 is 2.68 bits per heavy atom. The Kier molecular flexibility index (Phi) is 7.16. The summed E-state index contributed by atoms with van der Waals surface area (Å²) in [5.74, 6) is 0.965. The van der Waals surface area contributed by atoms with Gasteiger partial charge in [0.15, 0.2) is 0 Å². The van der Waals surface area contributed by atoms with Crippen LogP contribution in [-0.4, -0.2) is 56.7 Å². The monoisotopic (exact) mass is 305 g/mol. The third-order valence-corrected chi connectivity index (χ3v) is 4.32. The van der Waals surface area contributed by atoms with E-state index in [1.54, 1.807) is 0 Å². The molecule has 2 N–H and O–H groups in total. The summed E-state index contributed by atoms with van der Waals surface area (Å²) in [6.07, 6.45) is 4.97. The second-order valence-electron chi connectivity index (χ2n) is 6.43. The van der Waals surface area contributed by atoms with Gasteiger partial charge in [0.05, 0.1) is 6.61 Å². The number of hydrogen-bond donors (Lipinski definition) is 1. The van der Waals surface area contributed by atoms with Crippen molar-refractivity contribution in [2.75, 3.05) is 46.9 Å². The van der Waals surface area contributed by atoms with Gasteiger partial charge in [0, 0.05) is 19.1 Å². The van der Waals surface area contributed by atoms with E-state index >= 15 is 0 Å². The van der Waals surface area contributed by atoms with Crippen LogP contribution in [-0.2, 0) is 0 Å². The van der Waals surface area contributed by atoms with Crippen LogP contribution >= 0.6 is 0 Å². The highest BCUT2D eigenvalue weighted by Gasteiger charge is 2.21. The first kappa shape index (κ1) is 17.3. The lowest BCUT2D eigenvalue weighted by atomic mass is 10.0. The topological polar surface area (TPSA) is 41.7 Å². The summed E-state index contributed by atoms with van der Waals surface area (Å²) < 4.78 is 5.89. The van der Waals surface area contributed by atoms with Crippen LogP contribution in [0.1, 0.15) is 37.3 Å². The van der Waals surface area contributed by atoms with Crippen molar-refractivity contribution in [2.45, 2.75) is 31.7 Å². The van der Waals surface area contributed by atoms with Crippen LogP contribution in [0.5, 0.6) is 5.75 Å². The van der Waals surface area contributed by atoms with Crippen LogP contribution in [0, 0.1) is 0 Å². The maximum absolute atomic E-state index is 6.05. The minimum absolute atomic E-state index is 0.325. The Hall–Kier alpha value is -1.10. The molecule has 4 heteroatoms. The van der Waals surface area contributed by atoms with E-state index in [9.17, 15) is 0 Å². The average molecular weight is 305 g/mol. The van der Waals surface area contributed by atoms with E-state index in [-0.39, 0.29) is 0 Å². The van der Waals surface area contributed by atoms with Gasteiger partial charge in [0.1, 0.15) is 5.75 Å². The van der Waals surface area contributed by atoms with Crippen molar-refractivity contribution in [2.24, 2.45) is 5.73 Å². The highest BCUT2D eigenvalue weighted by molar-refractivity contribution is 5.31. The molecule has 1 aliphatic heterocycles. The fourth-order valence-corrected chi connectivity index (χ4v) is 3.11. The number of rotatable bonds is 8. The molecule has 0 aliphatic carbocycles. The van der Waals surface area contributed by atoms with Gasteiger partial charge in [-0.2, -0.15) is 0 Å². The third kappa shape index (κ3) is 5.27. The quantitative estimate of drug-likeness (QED) is 0.749. The summed E-state index contributed by atoms with van der Waals surface area (Å²) in [4.78, 5) is 4.70. The highest BCUT2D eigenvalue weighted by atomic mass is 16.5. The van der Waals surface area contributed by atoms with E-state index in [4.69, 9.17) is 10.5 Å². The molecule has 1 heterocycles. The van der Waals surface area contributed by atoms with Gasteiger partial charge in [0.25, 0.3) is 0 Å². The molecule has 1 saturated heterocycles. The van der Waals surface area contributed by atoms with Gasteiger partial charge >= 0.3 is 0 Å². The SMILES string of the molecule is CN(C)CCCOc1cccc(C(CN)N2CCCCC2)c1. The highest BCUT2D eigenvalue weighted by Crippen LogP contribution is 2.26. The molecule has 0 amide bonds. The fraction of sp³-hybridized carbons (Fsp3) is 0.667. The summed E-state index contributed by atoms with van der Waals surface area (Å²) >= 11 is 0. The van der Waals surface area contributed by atoms with Crippen molar-refractivity contribution >= 4 is 0 Å². The van der Waals surface area contributed by atoms with Crippen LogP contribution in [0.3, 0.4) is 0 Å². The standard InChI is InChI=1S/C18H31N3O/c1-20(2)10-7-13-22-17-9-6-8-16(14-17)18(15-19)21-11-4-3-5-12-21/h6,8-9,14,18H,3-5,7,10-13,15,19H2,1-2H3. The smallest absolute Gasteiger partial charge is 0.119 e. The molecular weight excluding hydrogens is 274 g/mol. The van der Waals surface area contributed by atoms with Gasteiger partial charge in [-0.1, -0.05) is 18.6 Å². The maximum Gasteiger partial charge on any atom is 0.119 e. The summed E-state index contributed by atoms with van der Waals surface area (Å²) in [5, 5.41) is 0. The van der Waals surface area contributed by atoms with Gasteiger partial charge < -0.3 is 15.4 Å². The minimum atomic E-state index is 0.325. The van der Waals surface area contributed by atoms with Gasteiger partial charge in [-0.15, -0.1) is 0 Å². The summed E-state index contributed by atoms with van der Waals surface area (Å²) in [6, 6.07) is 8.80. The van der Waals surface area contributed by atoms with Crippen LogP contribution in [0.2, 0.25) is 0 Å².